The summed E-state index contributed by atoms with van der Waals surface area (Å²) in [6.45, 7) is 0. The van der Waals surface area contributed by atoms with E-state index in [2.05, 4.69) is 10.7 Å². The van der Waals surface area contributed by atoms with E-state index in [1.165, 1.54) is 48.5 Å². The van der Waals surface area contributed by atoms with Gasteiger partial charge in [0.1, 0.15) is 0 Å². The van der Waals surface area contributed by atoms with Gasteiger partial charge in [-0.1, -0.05) is 30.3 Å². The molecule has 3 rings (SSSR count). The number of carbonyl (C=O) groups is 2. The summed E-state index contributed by atoms with van der Waals surface area (Å²) >= 11 is 0. The molecule has 38 heavy (non-hydrogen) atoms. The van der Waals surface area contributed by atoms with Crippen LogP contribution in [-0.2, 0) is 21.0 Å². The molecule has 0 saturated carbocycles. The van der Waals surface area contributed by atoms with E-state index in [1.54, 1.807) is 6.07 Å². The maximum Gasteiger partial charge on any atom is 0.416 e. The Morgan fingerprint density at radius 1 is 1.00 bits per heavy atom. The van der Waals surface area contributed by atoms with Crippen molar-refractivity contribution in [2.45, 2.75) is 23.5 Å². The number of carboxylic acid groups (broad SMARTS) is 1. The van der Waals surface area contributed by atoms with Gasteiger partial charge in [0.05, 0.1) is 28.6 Å². The first-order valence-electron chi connectivity index (χ1n) is 10.8. The summed E-state index contributed by atoms with van der Waals surface area (Å²) < 4.78 is 65.6. The number of hydrogen-bond donors (Lipinski definition) is 5. The number of hydrogen-bond acceptors (Lipinski definition) is 5. The zero-order valence-corrected chi connectivity index (χ0v) is 20.3. The smallest absolute Gasteiger partial charge is 0.416 e. The van der Waals surface area contributed by atoms with E-state index in [4.69, 9.17) is 11.1 Å². The van der Waals surface area contributed by atoms with E-state index in [9.17, 15) is 36.3 Å². The fourth-order valence-electron chi connectivity index (χ4n) is 3.42. The van der Waals surface area contributed by atoms with Gasteiger partial charge >= 0.3 is 12.1 Å². The van der Waals surface area contributed by atoms with Gasteiger partial charge < -0.3 is 16.2 Å². The molecule has 0 aliphatic carbocycles. The number of alkyl halides is 3. The van der Waals surface area contributed by atoms with Gasteiger partial charge in [-0.3, -0.25) is 20.4 Å². The molecule has 1 amide bonds. The Bertz CT molecular complexity index is 1430. The van der Waals surface area contributed by atoms with Crippen molar-refractivity contribution in [2.75, 3.05) is 4.41 Å². The van der Waals surface area contributed by atoms with Gasteiger partial charge in [-0.25, -0.2) is 0 Å². The Morgan fingerprint density at radius 2 is 1.63 bits per heavy atom. The van der Waals surface area contributed by atoms with Crippen molar-refractivity contribution in [3.05, 3.63) is 95.6 Å². The minimum absolute atomic E-state index is 0.0549. The van der Waals surface area contributed by atoms with Crippen LogP contribution in [0.3, 0.4) is 0 Å². The Balaban J connectivity index is 1.96. The van der Waals surface area contributed by atoms with Crippen LogP contribution in [0.4, 0.5) is 18.9 Å². The number of sulfonamides is 1. The van der Waals surface area contributed by atoms with Gasteiger partial charge in [0.25, 0.3) is 15.9 Å². The Labute approximate surface area is 215 Å². The Morgan fingerprint density at radius 3 is 2.18 bits per heavy atom. The molecule has 14 heteroatoms. The van der Waals surface area contributed by atoms with Crippen molar-refractivity contribution in [3.8, 4) is 0 Å². The van der Waals surface area contributed by atoms with Gasteiger partial charge in [-0.2, -0.15) is 26.0 Å². The zero-order valence-electron chi connectivity index (χ0n) is 19.4. The monoisotopic (exact) mass is 549 g/mol. The summed E-state index contributed by atoms with van der Waals surface area (Å²) in [6.07, 6.45) is -5.22. The molecule has 200 valence electrons. The van der Waals surface area contributed by atoms with Crippen molar-refractivity contribution >= 4 is 33.5 Å². The summed E-state index contributed by atoms with van der Waals surface area (Å²) in [5.74, 6) is -2.85. The number of carboxylic acids is 1. The van der Waals surface area contributed by atoms with Gasteiger partial charge in [0.2, 0.25) is 5.96 Å². The van der Waals surface area contributed by atoms with E-state index in [0.717, 1.165) is 24.3 Å². The molecule has 1 atom stereocenters. The van der Waals surface area contributed by atoms with Crippen LogP contribution in [0.25, 0.3) is 0 Å². The van der Waals surface area contributed by atoms with E-state index in [-0.39, 0.29) is 21.7 Å². The number of amides is 1. The van der Waals surface area contributed by atoms with Crippen LogP contribution in [0, 0.1) is 5.41 Å². The quantitative estimate of drug-likeness (QED) is 0.155. The number of nitrogens with zero attached hydrogens (tertiary/aromatic N) is 1. The highest BCUT2D eigenvalue weighted by atomic mass is 32.2. The second-order valence-electron chi connectivity index (χ2n) is 7.90. The predicted octanol–water partition coefficient (Wildman–Crippen LogP) is 3.24. The molecule has 3 aromatic rings. The SMILES string of the molecule is N=C(N)NN(c1cccc(C(CC(=O)O)NC(=O)c2ccc(C(F)(F)F)cc2)c1)S(=O)(=O)c1ccccc1. The van der Waals surface area contributed by atoms with E-state index >= 15 is 0 Å². The third-order valence-corrected chi connectivity index (χ3v) is 6.82. The number of halogens is 3. The molecule has 0 aromatic heterocycles. The van der Waals surface area contributed by atoms with Crippen LogP contribution in [0.15, 0.2) is 83.8 Å². The molecular weight excluding hydrogens is 527 g/mol. The third-order valence-electron chi connectivity index (χ3n) is 5.17. The molecule has 0 aliphatic rings. The van der Waals surface area contributed by atoms with E-state index in [1.807, 2.05) is 0 Å². The average Bonchev–Trinajstić information content (AvgIpc) is 2.86. The normalized spacial score (nSPS) is 12.3. The lowest BCUT2D eigenvalue weighted by Crippen LogP contribution is -2.49. The second kappa shape index (κ2) is 11.2. The highest BCUT2D eigenvalue weighted by molar-refractivity contribution is 7.92. The van der Waals surface area contributed by atoms with Crippen molar-refractivity contribution < 1.29 is 36.3 Å². The maximum atomic E-state index is 13.3. The lowest BCUT2D eigenvalue weighted by molar-refractivity contribution is -0.138. The van der Waals surface area contributed by atoms with Gasteiger partial charge in [0, 0.05) is 5.56 Å². The van der Waals surface area contributed by atoms with Crippen molar-refractivity contribution in [1.29, 1.82) is 5.41 Å². The molecule has 0 radical (unpaired) electrons. The lowest BCUT2D eigenvalue weighted by Gasteiger charge is -2.26. The highest BCUT2D eigenvalue weighted by Crippen LogP contribution is 2.30. The van der Waals surface area contributed by atoms with Crippen molar-refractivity contribution in [2.24, 2.45) is 5.73 Å². The zero-order chi connectivity index (χ0) is 28.1. The molecule has 1 unspecified atom stereocenters. The predicted molar refractivity (Wildman–Crippen MR) is 132 cm³/mol. The highest BCUT2D eigenvalue weighted by Gasteiger charge is 2.31. The molecule has 0 heterocycles. The van der Waals surface area contributed by atoms with Gasteiger partial charge in [0.15, 0.2) is 0 Å². The summed E-state index contributed by atoms with van der Waals surface area (Å²) in [4.78, 5) is 24.1. The first kappa shape index (κ1) is 28.0. The molecule has 6 N–H and O–H groups in total. The van der Waals surface area contributed by atoms with Gasteiger partial charge in [-0.15, -0.1) is 0 Å². The van der Waals surface area contributed by atoms with Crippen molar-refractivity contribution in [1.82, 2.24) is 10.7 Å². The summed E-state index contributed by atoms with van der Waals surface area (Å²) in [5, 5.41) is 19.4. The molecular formula is C24H22F3N5O5S. The Kier molecular flexibility index (Phi) is 8.26. The largest absolute Gasteiger partial charge is 0.481 e. The average molecular weight is 550 g/mol. The minimum atomic E-state index is -4.60. The first-order chi connectivity index (χ1) is 17.8. The number of carbonyl (C=O) groups excluding carboxylic acids is 1. The first-order valence-corrected chi connectivity index (χ1v) is 12.2. The molecule has 0 bridgehead atoms. The molecule has 10 nitrogen and oxygen atoms in total. The molecule has 0 saturated heterocycles. The number of aliphatic carboxylic acids is 1. The van der Waals surface area contributed by atoms with E-state index < -0.39 is 52.1 Å². The summed E-state index contributed by atoms with van der Waals surface area (Å²) in [6, 6.07) is 14.9. The van der Waals surface area contributed by atoms with Crippen LogP contribution in [0.1, 0.15) is 33.9 Å². The summed E-state index contributed by atoms with van der Waals surface area (Å²) in [7, 11) is -4.29. The summed E-state index contributed by atoms with van der Waals surface area (Å²) in [5.41, 5.74) is 6.65. The fourth-order valence-corrected chi connectivity index (χ4v) is 4.74. The van der Waals surface area contributed by atoms with Crippen LogP contribution in [0.2, 0.25) is 0 Å². The van der Waals surface area contributed by atoms with Crippen LogP contribution in [-0.4, -0.2) is 31.4 Å². The Hall–Kier alpha value is -4.59. The number of rotatable bonds is 9. The number of nitrogens with two attached hydrogens (primary N) is 1. The van der Waals surface area contributed by atoms with E-state index in [0.29, 0.717) is 4.41 Å². The van der Waals surface area contributed by atoms with Crippen LogP contribution in [0.5, 0.6) is 0 Å². The number of nitrogens with one attached hydrogen (secondary N) is 3. The molecule has 0 aliphatic heterocycles. The van der Waals surface area contributed by atoms with Crippen LogP contribution < -0.4 is 20.9 Å². The fraction of sp³-hybridized carbons (Fsp3) is 0.125. The number of benzene rings is 3. The number of anilines is 1. The third kappa shape index (κ3) is 6.79. The molecule has 0 fully saturated rings. The molecule has 0 spiro atoms. The number of guanidine groups is 1. The molecule has 3 aromatic carbocycles. The van der Waals surface area contributed by atoms with Crippen molar-refractivity contribution in [3.63, 3.8) is 0 Å². The second-order valence-corrected chi connectivity index (χ2v) is 9.69. The standard InChI is InChI=1S/C24H22F3N5O5S/c25-24(26,27)17-11-9-15(10-12-17)22(35)30-20(14-21(33)34)16-5-4-6-18(13-16)32(31-23(28)29)38(36,37)19-7-2-1-3-8-19/h1-13,20H,14H2,(H,30,35)(H,33,34)(H4,28,29,31). The van der Waals surface area contributed by atoms with Gasteiger partial charge in [-0.05, 0) is 54.1 Å². The number of hydrazine groups is 1. The topological polar surface area (TPSA) is 166 Å². The maximum absolute atomic E-state index is 13.3. The lowest BCUT2D eigenvalue weighted by atomic mass is 10.0. The van der Waals surface area contributed by atoms with Crippen LogP contribution >= 0.6 is 0 Å². The minimum Gasteiger partial charge on any atom is -0.481 e.